The number of para-hydroxylation sites is 1. The van der Waals surface area contributed by atoms with Gasteiger partial charge in [0.2, 0.25) is 0 Å². The lowest BCUT2D eigenvalue weighted by Gasteiger charge is -2.22. The van der Waals surface area contributed by atoms with Gasteiger partial charge >= 0.3 is 0 Å². The topological polar surface area (TPSA) is 64.4 Å². The standard InChI is InChI=1S/C15H22N2O2/c16-11-14(18)13-3-1-2-4-15(13)19-10-7-12-5-8-17-9-6-12/h1-4,12,17H,5-11,16H2. The SMILES string of the molecule is NCC(=O)c1ccccc1OCCC1CCNCC1. The first-order chi connectivity index (χ1) is 9.31. The molecule has 0 aliphatic carbocycles. The molecule has 1 fully saturated rings. The van der Waals surface area contributed by atoms with Crippen molar-refractivity contribution in [3.8, 4) is 5.75 Å². The number of nitrogens with one attached hydrogen (secondary N) is 1. The number of hydrogen-bond acceptors (Lipinski definition) is 4. The van der Waals surface area contributed by atoms with Crippen LogP contribution in [0.25, 0.3) is 0 Å². The van der Waals surface area contributed by atoms with Crippen molar-refractivity contribution in [1.82, 2.24) is 5.32 Å². The van der Waals surface area contributed by atoms with Crippen LogP contribution in [0.1, 0.15) is 29.6 Å². The summed E-state index contributed by atoms with van der Waals surface area (Å²) in [5.41, 5.74) is 6.00. The van der Waals surface area contributed by atoms with E-state index in [0.717, 1.165) is 25.4 Å². The molecule has 104 valence electrons. The fourth-order valence-electron chi connectivity index (χ4n) is 2.44. The van der Waals surface area contributed by atoms with Gasteiger partial charge in [0.05, 0.1) is 18.7 Å². The Hall–Kier alpha value is -1.39. The molecule has 1 aliphatic heterocycles. The van der Waals surface area contributed by atoms with Gasteiger partial charge in [0.15, 0.2) is 5.78 Å². The van der Waals surface area contributed by atoms with Crippen LogP contribution in [0.15, 0.2) is 24.3 Å². The minimum absolute atomic E-state index is 0.0225. The fraction of sp³-hybridized carbons (Fsp3) is 0.533. The Morgan fingerprint density at radius 1 is 1.32 bits per heavy atom. The predicted octanol–water partition coefficient (Wildman–Crippen LogP) is 1.60. The average Bonchev–Trinajstić information content (AvgIpc) is 2.48. The van der Waals surface area contributed by atoms with Crippen LogP contribution in [0, 0.1) is 5.92 Å². The molecule has 4 heteroatoms. The second-order valence-corrected chi connectivity index (χ2v) is 4.95. The highest BCUT2D eigenvalue weighted by Crippen LogP contribution is 2.20. The minimum Gasteiger partial charge on any atom is -0.493 e. The van der Waals surface area contributed by atoms with Crippen LogP contribution in [0.2, 0.25) is 0 Å². The van der Waals surface area contributed by atoms with Gasteiger partial charge in [-0.3, -0.25) is 4.79 Å². The van der Waals surface area contributed by atoms with E-state index in [2.05, 4.69) is 5.32 Å². The van der Waals surface area contributed by atoms with Crippen molar-refractivity contribution in [2.45, 2.75) is 19.3 Å². The largest absolute Gasteiger partial charge is 0.493 e. The molecule has 3 N–H and O–H groups in total. The van der Waals surface area contributed by atoms with Crippen molar-refractivity contribution in [1.29, 1.82) is 0 Å². The zero-order valence-electron chi connectivity index (χ0n) is 11.2. The van der Waals surface area contributed by atoms with Gasteiger partial charge in [-0.15, -0.1) is 0 Å². The molecule has 1 aromatic rings. The number of benzene rings is 1. The van der Waals surface area contributed by atoms with Gasteiger partial charge < -0.3 is 15.8 Å². The second-order valence-electron chi connectivity index (χ2n) is 4.95. The Balaban J connectivity index is 1.86. The van der Waals surface area contributed by atoms with Crippen molar-refractivity contribution in [3.63, 3.8) is 0 Å². The van der Waals surface area contributed by atoms with Crippen LogP contribution in [0.3, 0.4) is 0 Å². The maximum Gasteiger partial charge on any atom is 0.180 e. The van der Waals surface area contributed by atoms with Gasteiger partial charge in [0.1, 0.15) is 5.75 Å². The van der Waals surface area contributed by atoms with Gasteiger partial charge in [-0.1, -0.05) is 12.1 Å². The van der Waals surface area contributed by atoms with Crippen molar-refractivity contribution < 1.29 is 9.53 Å². The second kappa shape index (κ2) is 7.26. The summed E-state index contributed by atoms with van der Waals surface area (Å²) in [5.74, 6) is 1.32. The summed E-state index contributed by atoms with van der Waals surface area (Å²) in [6.45, 7) is 2.90. The smallest absolute Gasteiger partial charge is 0.180 e. The van der Waals surface area contributed by atoms with E-state index >= 15 is 0 Å². The maximum atomic E-state index is 11.7. The van der Waals surface area contributed by atoms with Crippen LogP contribution in [0.5, 0.6) is 5.75 Å². The molecule has 0 radical (unpaired) electrons. The van der Waals surface area contributed by atoms with E-state index in [1.54, 1.807) is 6.07 Å². The monoisotopic (exact) mass is 262 g/mol. The summed E-state index contributed by atoms with van der Waals surface area (Å²) < 4.78 is 5.77. The first kappa shape index (κ1) is 14.0. The number of hydrogen-bond donors (Lipinski definition) is 2. The van der Waals surface area contributed by atoms with E-state index in [4.69, 9.17) is 10.5 Å². The molecular weight excluding hydrogens is 240 g/mol. The molecule has 2 rings (SSSR count). The van der Waals surface area contributed by atoms with E-state index in [9.17, 15) is 4.79 Å². The summed E-state index contributed by atoms with van der Waals surface area (Å²) in [6.07, 6.45) is 3.48. The lowest BCUT2D eigenvalue weighted by molar-refractivity contribution is 0.0997. The number of carbonyl (C=O) groups is 1. The Morgan fingerprint density at radius 2 is 2.05 bits per heavy atom. The number of Topliss-reactive ketones (excluding diaryl/α,β-unsaturated/α-hetero) is 1. The Morgan fingerprint density at radius 3 is 2.79 bits per heavy atom. The van der Waals surface area contributed by atoms with Crippen molar-refractivity contribution >= 4 is 5.78 Å². The minimum atomic E-state index is -0.0718. The quantitative estimate of drug-likeness (QED) is 0.764. The summed E-state index contributed by atoms with van der Waals surface area (Å²) in [6, 6.07) is 7.33. The first-order valence-corrected chi connectivity index (χ1v) is 6.97. The number of ketones is 1. The summed E-state index contributed by atoms with van der Waals surface area (Å²) >= 11 is 0. The number of nitrogens with two attached hydrogens (primary N) is 1. The van der Waals surface area contributed by atoms with Crippen LogP contribution in [-0.4, -0.2) is 32.0 Å². The molecule has 0 saturated carbocycles. The molecule has 0 amide bonds. The van der Waals surface area contributed by atoms with Gasteiger partial charge in [-0.25, -0.2) is 0 Å². The zero-order chi connectivity index (χ0) is 13.5. The Kier molecular flexibility index (Phi) is 5.36. The Labute approximate surface area is 114 Å². The fourth-order valence-corrected chi connectivity index (χ4v) is 2.44. The maximum absolute atomic E-state index is 11.7. The lowest BCUT2D eigenvalue weighted by Crippen LogP contribution is -2.28. The molecule has 0 spiro atoms. The lowest BCUT2D eigenvalue weighted by atomic mass is 9.95. The number of piperidine rings is 1. The third-order valence-corrected chi connectivity index (χ3v) is 3.62. The summed E-state index contributed by atoms with van der Waals surface area (Å²) in [5, 5.41) is 3.36. The molecule has 0 unspecified atom stereocenters. The number of rotatable bonds is 6. The molecule has 19 heavy (non-hydrogen) atoms. The van der Waals surface area contributed by atoms with Crippen molar-refractivity contribution in [3.05, 3.63) is 29.8 Å². The highest BCUT2D eigenvalue weighted by atomic mass is 16.5. The van der Waals surface area contributed by atoms with Crippen LogP contribution in [0.4, 0.5) is 0 Å². The predicted molar refractivity (Wildman–Crippen MR) is 75.5 cm³/mol. The third kappa shape index (κ3) is 4.04. The van der Waals surface area contributed by atoms with Gasteiger partial charge in [-0.2, -0.15) is 0 Å². The summed E-state index contributed by atoms with van der Waals surface area (Å²) in [4.78, 5) is 11.7. The third-order valence-electron chi connectivity index (χ3n) is 3.62. The molecule has 1 aliphatic rings. The van der Waals surface area contributed by atoms with E-state index in [0.29, 0.717) is 17.9 Å². The van der Waals surface area contributed by atoms with Crippen molar-refractivity contribution in [2.24, 2.45) is 11.7 Å². The van der Waals surface area contributed by atoms with Crippen LogP contribution < -0.4 is 15.8 Å². The van der Waals surface area contributed by atoms with Gasteiger partial charge in [-0.05, 0) is 50.4 Å². The van der Waals surface area contributed by atoms with Crippen LogP contribution in [-0.2, 0) is 0 Å². The normalized spacial score (nSPS) is 16.3. The molecule has 0 bridgehead atoms. The molecule has 1 saturated heterocycles. The molecular formula is C15H22N2O2. The van der Waals surface area contributed by atoms with E-state index in [1.807, 2.05) is 18.2 Å². The number of ether oxygens (including phenoxy) is 1. The molecule has 0 atom stereocenters. The average molecular weight is 262 g/mol. The molecule has 1 aromatic carbocycles. The summed E-state index contributed by atoms with van der Waals surface area (Å²) in [7, 11) is 0. The van der Waals surface area contributed by atoms with Gasteiger partial charge in [0, 0.05) is 0 Å². The zero-order valence-corrected chi connectivity index (χ0v) is 11.2. The number of carbonyl (C=O) groups excluding carboxylic acids is 1. The highest BCUT2D eigenvalue weighted by molar-refractivity contribution is 5.99. The molecule has 4 nitrogen and oxygen atoms in total. The van der Waals surface area contributed by atoms with E-state index in [-0.39, 0.29) is 12.3 Å². The molecule has 0 aromatic heterocycles. The van der Waals surface area contributed by atoms with E-state index < -0.39 is 0 Å². The van der Waals surface area contributed by atoms with Gasteiger partial charge in [0.25, 0.3) is 0 Å². The first-order valence-electron chi connectivity index (χ1n) is 6.97. The Bertz CT molecular complexity index is 414. The highest BCUT2D eigenvalue weighted by Gasteiger charge is 2.14. The molecule has 1 heterocycles. The van der Waals surface area contributed by atoms with E-state index in [1.165, 1.54) is 12.8 Å². The van der Waals surface area contributed by atoms with Crippen molar-refractivity contribution in [2.75, 3.05) is 26.2 Å². The van der Waals surface area contributed by atoms with Crippen LogP contribution >= 0.6 is 0 Å².